The van der Waals surface area contributed by atoms with Crippen molar-refractivity contribution in [2.75, 3.05) is 10.6 Å². The third-order valence-electron chi connectivity index (χ3n) is 6.74. The van der Waals surface area contributed by atoms with Crippen LogP contribution in [-0.4, -0.2) is 34.0 Å². The Labute approximate surface area is 259 Å². The molecule has 45 heavy (non-hydrogen) atoms. The second-order valence-corrected chi connectivity index (χ2v) is 9.54. The lowest BCUT2D eigenvalue weighted by molar-refractivity contribution is 0.0683. The van der Waals surface area contributed by atoms with Crippen LogP contribution in [0.4, 0.5) is 11.4 Å². The van der Waals surface area contributed by atoms with Crippen LogP contribution in [0, 0.1) is 0 Å². The Morgan fingerprint density at radius 1 is 0.511 bits per heavy atom. The number of carbonyl (C=O) groups is 4. The van der Waals surface area contributed by atoms with Crippen molar-refractivity contribution in [3.8, 4) is 11.5 Å². The molecule has 9 heteroatoms. The standard InChI is InChI=1S/C36H28N2O7/c1-5-21-17-29(31(35(41)42)19-23(21)7-3)33(39)37-25-9-13-27(14-10-25)45-28-15-11-26(12-16-28)38-34(40)30-18-22(6-2)24(8-4)20-32(30)36(43)44/h5-20H,1-4H2,(H,37,39)(H,38,40)(H,41,42)(H,43,44). The van der Waals surface area contributed by atoms with Crippen molar-refractivity contribution in [3.05, 3.63) is 144 Å². The summed E-state index contributed by atoms with van der Waals surface area (Å²) in [4.78, 5) is 49.5. The van der Waals surface area contributed by atoms with E-state index in [4.69, 9.17) is 4.74 Å². The molecule has 0 aromatic heterocycles. The van der Waals surface area contributed by atoms with E-state index in [0.717, 1.165) is 0 Å². The molecule has 0 saturated carbocycles. The molecule has 224 valence electrons. The summed E-state index contributed by atoms with van der Waals surface area (Å²) in [5.74, 6) is -2.81. The first kappa shape index (κ1) is 31.5. The van der Waals surface area contributed by atoms with Crippen molar-refractivity contribution in [3.63, 3.8) is 0 Å². The maximum absolute atomic E-state index is 13.0. The number of benzene rings is 4. The highest BCUT2D eigenvalue weighted by atomic mass is 16.5. The molecule has 0 aliphatic rings. The van der Waals surface area contributed by atoms with E-state index in [9.17, 15) is 29.4 Å². The Morgan fingerprint density at radius 2 is 0.800 bits per heavy atom. The molecule has 4 aromatic rings. The second kappa shape index (κ2) is 13.7. The lowest BCUT2D eigenvalue weighted by atomic mass is 9.97. The van der Waals surface area contributed by atoms with Gasteiger partial charge in [0.15, 0.2) is 0 Å². The molecule has 0 bridgehead atoms. The van der Waals surface area contributed by atoms with Crippen molar-refractivity contribution in [2.45, 2.75) is 0 Å². The number of nitrogens with one attached hydrogen (secondary N) is 2. The van der Waals surface area contributed by atoms with E-state index < -0.39 is 23.8 Å². The number of hydrogen-bond acceptors (Lipinski definition) is 5. The molecule has 4 aromatic carbocycles. The first-order valence-corrected chi connectivity index (χ1v) is 13.4. The number of anilines is 2. The Morgan fingerprint density at radius 3 is 1.07 bits per heavy atom. The van der Waals surface area contributed by atoms with Crippen LogP contribution in [0.2, 0.25) is 0 Å². The molecule has 0 aliphatic heterocycles. The summed E-state index contributed by atoms with van der Waals surface area (Å²) < 4.78 is 5.86. The van der Waals surface area contributed by atoms with Crippen LogP contribution in [0.3, 0.4) is 0 Å². The summed E-state index contributed by atoms with van der Waals surface area (Å²) in [5, 5.41) is 24.6. The molecule has 0 radical (unpaired) electrons. The second-order valence-electron chi connectivity index (χ2n) is 9.54. The molecule has 0 atom stereocenters. The van der Waals surface area contributed by atoms with Crippen LogP contribution in [0.25, 0.3) is 24.3 Å². The topological polar surface area (TPSA) is 142 Å². The zero-order chi connectivity index (χ0) is 32.7. The number of aromatic carboxylic acids is 2. The quantitative estimate of drug-likeness (QED) is 0.129. The van der Waals surface area contributed by atoms with Gasteiger partial charge in [-0.2, -0.15) is 0 Å². The Hall–Kier alpha value is -6.48. The van der Waals surface area contributed by atoms with Gasteiger partial charge in [-0.15, -0.1) is 0 Å². The van der Waals surface area contributed by atoms with Gasteiger partial charge in [0, 0.05) is 11.4 Å². The van der Waals surface area contributed by atoms with Gasteiger partial charge >= 0.3 is 11.9 Å². The van der Waals surface area contributed by atoms with Crippen molar-refractivity contribution < 1.29 is 34.1 Å². The Kier molecular flexibility index (Phi) is 9.55. The van der Waals surface area contributed by atoms with Gasteiger partial charge in [-0.3, -0.25) is 9.59 Å². The largest absolute Gasteiger partial charge is 0.478 e. The molecule has 4 N–H and O–H groups in total. The number of rotatable bonds is 12. The van der Waals surface area contributed by atoms with Gasteiger partial charge in [0.1, 0.15) is 11.5 Å². The highest BCUT2D eigenvalue weighted by Gasteiger charge is 2.20. The smallest absolute Gasteiger partial charge is 0.336 e. The van der Waals surface area contributed by atoms with Crippen molar-refractivity contribution in [1.82, 2.24) is 0 Å². The summed E-state index contributed by atoms with van der Waals surface area (Å²) >= 11 is 0. The van der Waals surface area contributed by atoms with Crippen LogP contribution in [0.1, 0.15) is 63.7 Å². The number of hydrogen-bond donors (Lipinski definition) is 4. The fraction of sp³-hybridized carbons (Fsp3) is 0. The van der Waals surface area contributed by atoms with E-state index in [1.54, 1.807) is 48.5 Å². The maximum atomic E-state index is 13.0. The van der Waals surface area contributed by atoms with Crippen LogP contribution >= 0.6 is 0 Å². The summed E-state index contributed by atoms with van der Waals surface area (Å²) in [7, 11) is 0. The summed E-state index contributed by atoms with van der Waals surface area (Å²) in [6, 6.07) is 18.6. The normalized spacial score (nSPS) is 10.2. The van der Waals surface area contributed by atoms with E-state index >= 15 is 0 Å². The van der Waals surface area contributed by atoms with Crippen LogP contribution in [0.5, 0.6) is 11.5 Å². The van der Waals surface area contributed by atoms with E-state index in [1.807, 2.05) is 0 Å². The molecular weight excluding hydrogens is 572 g/mol. The van der Waals surface area contributed by atoms with Crippen molar-refractivity contribution >= 4 is 59.4 Å². The molecule has 0 heterocycles. The number of amides is 2. The summed E-state index contributed by atoms with van der Waals surface area (Å²) in [6.07, 6.45) is 6.02. The van der Waals surface area contributed by atoms with Gasteiger partial charge in [0.2, 0.25) is 0 Å². The first-order valence-electron chi connectivity index (χ1n) is 13.4. The third kappa shape index (κ3) is 7.12. The van der Waals surface area contributed by atoms with Crippen LogP contribution < -0.4 is 15.4 Å². The minimum Gasteiger partial charge on any atom is -0.478 e. The molecule has 0 saturated heterocycles. The van der Waals surface area contributed by atoms with Gasteiger partial charge in [0.05, 0.1) is 22.3 Å². The number of carboxylic acids is 2. The number of carboxylic acid groups (broad SMARTS) is 2. The lowest BCUT2D eigenvalue weighted by Gasteiger charge is -2.13. The van der Waals surface area contributed by atoms with Gasteiger partial charge in [-0.1, -0.05) is 50.6 Å². The van der Waals surface area contributed by atoms with Gasteiger partial charge in [0.25, 0.3) is 11.8 Å². The number of ether oxygens (including phenoxy) is 1. The number of carbonyl (C=O) groups excluding carboxylic acids is 2. The Bertz CT molecular complexity index is 1730. The molecular formula is C36H28N2O7. The zero-order valence-corrected chi connectivity index (χ0v) is 24.0. The van der Waals surface area contributed by atoms with Gasteiger partial charge in [-0.25, -0.2) is 9.59 Å². The molecule has 4 rings (SSSR count). The summed E-state index contributed by atoms with van der Waals surface area (Å²) in [6.45, 7) is 14.8. The molecule has 9 nitrogen and oxygen atoms in total. The monoisotopic (exact) mass is 600 g/mol. The zero-order valence-electron chi connectivity index (χ0n) is 24.0. The molecule has 0 aliphatic carbocycles. The highest BCUT2D eigenvalue weighted by molar-refractivity contribution is 6.12. The average molecular weight is 601 g/mol. The minimum absolute atomic E-state index is 0.0235. The Balaban J connectivity index is 1.44. The molecule has 0 unspecified atom stereocenters. The molecule has 2 amide bonds. The van der Waals surface area contributed by atoms with Gasteiger partial charge in [-0.05, 0) is 95.1 Å². The predicted molar refractivity (Wildman–Crippen MR) is 176 cm³/mol. The van der Waals surface area contributed by atoms with Crippen LogP contribution in [0.15, 0.2) is 99.1 Å². The van der Waals surface area contributed by atoms with E-state index in [1.165, 1.54) is 48.6 Å². The maximum Gasteiger partial charge on any atom is 0.336 e. The predicted octanol–water partition coefficient (Wildman–Crippen LogP) is 7.95. The van der Waals surface area contributed by atoms with E-state index in [2.05, 4.69) is 36.9 Å². The van der Waals surface area contributed by atoms with Crippen LogP contribution in [-0.2, 0) is 0 Å². The third-order valence-corrected chi connectivity index (χ3v) is 6.74. The van der Waals surface area contributed by atoms with E-state index in [-0.39, 0.29) is 22.3 Å². The fourth-order valence-electron chi connectivity index (χ4n) is 4.45. The van der Waals surface area contributed by atoms with Crippen molar-refractivity contribution in [1.29, 1.82) is 0 Å². The van der Waals surface area contributed by atoms with E-state index in [0.29, 0.717) is 45.1 Å². The van der Waals surface area contributed by atoms with Crippen molar-refractivity contribution in [2.24, 2.45) is 0 Å². The first-order chi connectivity index (χ1) is 21.6. The molecule has 0 fully saturated rings. The van der Waals surface area contributed by atoms with Gasteiger partial charge < -0.3 is 25.6 Å². The minimum atomic E-state index is -1.25. The summed E-state index contributed by atoms with van der Waals surface area (Å²) in [5.41, 5.74) is 2.69. The average Bonchev–Trinajstić information content (AvgIpc) is 3.04. The highest BCUT2D eigenvalue weighted by Crippen LogP contribution is 2.27. The molecule has 0 spiro atoms. The lowest BCUT2D eigenvalue weighted by Crippen LogP contribution is -2.17. The fourth-order valence-corrected chi connectivity index (χ4v) is 4.45. The SMILES string of the molecule is C=Cc1cc(C(=O)O)c(C(=O)Nc2ccc(Oc3ccc(NC(=O)c4cc(C=C)c(C=C)cc4C(=O)O)cc3)cc2)cc1C=C.